The molecule has 1 unspecified atom stereocenters. The second-order valence-corrected chi connectivity index (χ2v) is 4.01. The number of methoxy groups -OCH3 is 1. The summed E-state index contributed by atoms with van der Waals surface area (Å²) in [5.74, 6) is 0.341. The zero-order valence-corrected chi connectivity index (χ0v) is 10.4. The maximum atomic E-state index is 12.7. The molecule has 1 atom stereocenters. The molecule has 4 heteroatoms. The van der Waals surface area contributed by atoms with Crippen molar-refractivity contribution in [2.75, 3.05) is 12.4 Å². The van der Waals surface area contributed by atoms with Gasteiger partial charge in [-0.2, -0.15) is 4.39 Å². The van der Waals surface area contributed by atoms with Crippen molar-refractivity contribution in [2.24, 2.45) is 0 Å². The van der Waals surface area contributed by atoms with Gasteiger partial charge in [0, 0.05) is 6.04 Å². The fourth-order valence-corrected chi connectivity index (χ4v) is 1.71. The Hall–Kier alpha value is -2.10. The van der Waals surface area contributed by atoms with E-state index in [2.05, 4.69) is 10.3 Å². The quantitative estimate of drug-likeness (QED) is 0.839. The van der Waals surface area contributed by atoms with Gasteiger partial charge in [0.05, 0.1) is 19.0 Å². The average molecular weight is 246 g/mol. The van der Waals surface area contributed by atoms with Gasteiger partial charge in [0.15, 0.2) is 0 Å². The number of ether oxygens (including phenoxy) is 1. The van der Waals surface area contributed by atoms with E-state index in [1.54, 1.807) is 13.2 Å². The molecule has 3 nitrogen and oxygen atoms in total. The highest BCUT2D eigenvalue weighted by atomic mass is 19.1. The van der Waals surface area contributed by atoms with Gasteiger partial charge < -0.3 is 10.1 Å². The van der Waals surface area contributed by atoms with Gasteiger partial charge in [-0.3, -0.25) is 0 Å². The van der Waals surface area contributed by atoms with Crippen LogP contribution in [0.4, 0.5) is 10.1 Å². The molecule has 94 valence electrons. The Morgan fingerprint density at radius 2 is 2.11 bits per heavy atom. The fraction of sp³-hybridized carbons (Fsp3) is 0.214. The third-order valence-corrected chi connectivity index (χ3v) is 2.70. The maximum absolute atomic E-state index is 12.7. The van der Waals surface area contributed by atoms with Gasteiger partial charge in [-0.25, -0.2) is 4.98 Å². The highest BCUT2D eigenvalue weighted by Gasteiger charge is 2.06. The molecule has 0 aliphatic rings. The summed E-state index contributed by atoms with van der Waals surface area (Å²) in [6, 6.07) is 10.9. The van der Waals surface area contributed by atoms with Crippen molar-refractivity contribution in [3.05, 3.63) is 54.1 Å². The Labute approximate surface area is 106 Å². The Balaban J connectivity index is 2.11. The van der Waals surface area contributed by atoms with Gasteiger partial charge in [0.2, 0.25) is 5.95 Å². The fourth-order valence-electron chi connectivity index (χ4n) is 1.71. The molecule has 0 spiro atoms. The highest BCUT2D eigenvalue weighted by Crippen LogP contribution is 2.22. The summed E-state index contributed by atoms with van der Waals surface area (Å²) >= 11 is 0. The number of pyridine rings is 1. The number of aromatic nitrogens is 1. The summed E-state index contributed by atoms with van der Waals surface area (Å²) in [6.07, 6.45) is 1.48. The Morgan fingerprint density at radius 1 is 1.28 bits per heavy atom. The number of hydrogen-bond donors (Lipinski definition) is 1. The number of nitrogens with zero attached hydrogens (tertiary/aromatic N) is 1. The summed E-state index contributed by atoms with van der Waals surface area (Å²) < 4.78 is 17.9. The minimum absolute atomic E-state index is 0.0901. The summed E-state index contributed by atoms with van der Waals surface area (Å²) in [7, 11) is 1.64. The van der Waals surface area contributed by atoms with Crippen molar-refractivity contribution >= 4 is 5.69 Å². The van der Waals surface area contributed by atoms with Gasteiger partial charge in [-0.15, -0.1) is 0 Å². The largest absolute Gasteiger partial charge is 0.497 e. The van der Waals surface area contributed by atoms with Crippen molar-refractivity contribution in [2.45, 2.75) is 13.0 Å². The molecule has 1 aromatic carbocycles. The predicted octanol–water partition coefficient (Wildman–Crippen LogP) is 3.40. The smallest absolute Gasteiger partial charge is 0.212 e. The van der Waals surface area contributed by atoms with E-state index in [1.807, 2.05) is 31.2 Å². The molecular formula is C14H15FN2O. The van der Waals surface area contributed by atoms with Crippen LogP contribution >= 0.6 is 0 Å². The summed E-state index contributed by atoms with van der Waals surface area (Å²) in [5.41, 5.74) is 1.88. The molecule has 0 radical (unpaired) electrons. The monoisotopic (exact) mass is 246 g/mol. The van der Waals surface area contributed by atoms with E-state index in [0.29, 0.717) is 0 Å². The maximum Gasteiger partial charge on any atom is 0.212 e. The molecule has 2 aromatic rings. The molecule has 0 aliphatic heterocycles. The number of hydrogen-bond acceptors (Lipinski definition) is 3. The van der Waals surface area contributed by atoms with Crippen molar-refractivity contribution in [3.63, 3.8) is 0 Å². The van der Waals surface area contributed by atoms with E-state index in [0.717, 1.165) is 17.0 Å². The molecule has 0 aliphatic carbocycles. The van der Waals surface area contributed by atoms with Crippen LogP contribution in [0.5, 0.6) is 5.75 Å². The molecule has 0 bridgehead atoms. The predicted molar refractivity (Wildman–Crippen MR) is 69.2 cm³/mol. The second-order valence-electron chi connectivity index (χ2n) is 4.01. The minimum atomic E-state index is -0.477. The van der Waals surface area contributed by atoms with Crippen LogP contribution in [-0.4, -0.2) is 12.1 Å². The lowest BCUT2D eigenvalue weighted by molar-refractivity contribution is 0.414. The van der Waals surface area contributed by atoms with E-state index in [4.69, 9.17) is 4.74 Å². The van der Waals surface area contributed by atoms with E-state index in [1.165, 1.54) is 12.3 Å². The lowest BCUT2D eigenvalue weighted by atomic mass is 10.1. The summed E-state index contributed by atoms with van der Waals surface area (Å²) in [4.78, 5) is 3.61. The molecular weight excluding hydrogens is 231 g/mol. The first kappa shape index (κ1) is 12.4. The molecule has 0 fully saturated rings. The Morgan fingerprint density at radius 3 is 2.78 bits per heavy atom. The lowest BCUT2D eigenvalue weighted by Gasteiger charge is -2.16. The van der Waals surface area contributed by atoms with E-state index in [-0.39, 0.29) is 6.04 Å². The molecule has 2 rings (SSSR count). The van der Waals surface area contributed by atoms with Crippen LogP contribution in [-0.2, 0) is 0 Å². The average Bonchev–Trinajstić information content (AvgIpc) is 2.41. The first-order valence-corrected chi connectivity index (χ1v) is 5.71. The van der Waals surface area contributed by atoms with Gasteiger partial charge in [0.25, 0.3) is 0 Å². The number of benzene rings is 1. The zero-order chi connectivity index (χ0) is 13.0. The third-order valence-electron chi connectivity index (χ3n) is 2.70. The van der Waals surface area contributed by atoms with Crippen molar-refractivity contribution < 1.29 is 9.13 Å². The van der Waals surface area contributed by atoms with Crippen molar-refractivity contribution in [1.29, 1.82) is 0 Å². The van der Waals surface area contributed by atoms with Crippen molar-refractivity contribution in [1.82, 2.24) is 4.98 Å². The van der Waals surface area contributed by atoms with Gasteiger partial charge in [0.1, 0.15) is 5.75 Å². The van der Waals surface area contributed by atoms with Gasteiger partial charge in [-0.1, -0.05) is 12.1 Å². The van der Waals surface area contributed by atoms with Crippen LogP contribution in [0, 0.1) is 5.95 Å². The number of halogens is 1. The first-order valence-electron chi connectivity index (χ1n) is 5.71. The molecule has 1 N–H and O–H groups in total. The van der Waals surface area contributed by atoms with E-state index >= 15 is 0 Å². The van der Waals surface area contributed by atoms with Crippen LogP contribution in [0.3, 0.4) is 0 Å². The SMILES string of the molecule is COc1cccc(C(C)Nc2ccc(F)nc2)c1. The molecule has 0 saturated heterocycles. The normalized spacial score (nSPS) is 11.9. The highest BCUT2D eigenvalue weighted by molar-refractivity contribution is 5.43. The van der Waals surface area contributed by atoms with Gasteiger partial charge >= 0.3 is 0 Å². The van der Waals surface area contributed by atoms with Crippen LogP contribution in [0.25, 0.3) is 0 Å². The molecule has 0 saturated carbocycles. The summed E-state index contributed by atoms with van der Waals surface area (Å²) in [5, 5.41) is 3.25. The lowest BCUT2D eigenvalue weighted by Crippen LogP contribution is -2.07. The van der Waals surface area contributed by atoms with Gasteiger partial charge in [-0.05, 0) is 36.8 Å². The van der Waals surface area contributed by atoms with Crippen LogP contribution in [0.1, 0.15) is 18.5 Å². The van der Waals surface area contributed by atoms with Crippen LogP contribution in [0.2, 0.25) is 0 Å². The minimum Gasteiger partial charge on any atom is -0.497 e. The number of rotatable bonds is 4. The first-order chi connectivity index (χ1) is 8.69. The van der Waals surface area contributed by atoms with E-state index < -0.39 is 5.95 Å². The second kappa shape index (κ2) is 5.49. The topological polar surface area (TPSA) is 34.1 Å². The molecule has 0 amide bonds. The Kier molecular flexibility index (Phi) is 3.77. The van der Waals surface area contributed by atoms with E-state index in [9.17, 15) is 4.39 Å². The third kappa shape index (κ3) is 2.97. The molecule has 1 aromatic heterocycles. The molecule has 18 heavy (non-hydrogen) atoms. The standard InChI is InChI=1S/C14H15FN2O/c1-10(11-4-3-5-13(8-11)18-2)17-12-6-7-14(15)16-9-12/h3-10,17H,1-2H3. The van der Waals surface area contributed by atoms with Crippen molar-refractivity contribution in [3.8, 4) is 5.75 Å². The van der Waals surface area contributed by atoms with Crippen LogP contribution < -0.4 is 10.1 Å². The molecule has 1 heterocycles. The number of anilines is 1. The zero-order valence-electron chi connectivity index (χ0n) is 10.4. The Bertz CT molecular complexity index is 513. The summed E-state index contributed by atoms with van der Waals surface area (Å²) in [6.45, 7) is 2.03. The van der Waals surface area contributed by atoms with Crippen LogP contribution in [0.15, 0.2) is 42.6 Å². The number of nitrogens with one attached hydrogen (secondary N) is 1.